The van der Waals surface area contributed by atoms with Gasteiger partial charge in [0.15, 0.2) is 5.82 Å². The van der Waals surface area contributed by atoms with Gasteiger partial charge in [-0.05, 0) is 48.0 Å². The lowest BCUT2D eigenvalue weighted by atomic mass is 10.1. The molecule has 21 heavy (non-hydrogen) atoms. The fraction of sp³-hybridized carbons (Fsp3) is 0.133. The second kappa shape index (κ2) is 5.18. The van der Waals surface area contributed by atoms with E-state index in [1.807, 2.05) is 38.1 Å². The molecule has 0 unspecified atom stereocenters. The zero-order valence-corrected chi connectivity index (χ0v) is 12.5. The zero-order chi connectivity index (χ0) is 15.0. The minimum absolute atomic E-state index is 0.457. The number of hydrogen-bond acceptors (Lipinski definition) is 4. The minimum atomic E-state index is 0.457. The van der Waals surface area contributed by atoms with E-state index in [-0.39, 0.29) is 0 Å². The smallest absolute Gasteiger partial charge is 0.188 e. The lowest BCUT2D eigenvalue weighted by molar-refractivity contribution is 0.787. The second-order valence-electron chi connectivity index (χ2n) is 4.91. The number of benzene rings is 2. The molecule has 0 saturated heterocycles. The molecule has 2 N–H and O–H groups in total. The molecule has 106 valence electrons. The van der Waals surface area contributed by atoms with E-state index in [1.165, 1.54) is 5.56 Å². The van der Waals surface area contributed by atoms with Gasteiger partial charge in [0.05, 0.1) is 16.4 Å². The summed E-state index contributed by atoms with van der Waals surface area (Å²) in [5.74, 6) is 0.569. The Hall–Kier alpha value is -2.40. The Balaban J connectivity index is 2.20. The van der Waals surface area contributed by atoms with Crippen LogP contribution in [0.1, 0.15) is 11.1 Å². The Morgan fingerprint density at radius 2 is 1.95 bits per heavy atom. The molecule has 0 aliphatic heterocycles. The number of hydrogen-bond donors (Lipinski definition) is 1. The van der Waals surface area contributed by atoms with Crippen molar-refractivity contribution in [3.63, 3.8) is 0 Å². The molecule has 2 aromatic carbocycles. The van der Waals surface area contributed by atoms with Gasteiger partial charge < -0.3 is 5.73 Å². The van der Waals surface area contributed by atoms with Crippen LogP contribution >= 0.6 is 11.6 Å². The molecule has 0 aliphatic carbocycles. The van der Waals surface area contributed by atoms with Crippen molar-refractivity contribution in [3.8, 4) is 17.1 Å². The Bertz CT molecular complexity index is 810. The van der Waals surface area contributed by atoms with Gasteiger partial charge in [0.2, 0.25) is 0 Å². The molecule has 6 heteroatoms. The summed E-state index contributed by atoms with van der Waals surface area (Å²) < 4.78 is 1.68. The highest BCUT2D eigenvalue weighted by Gasteiger charge is 2.16. The van der Waals surface area contributed by atoms with E-state index in [0.29, 0.717) is 22.1 Å². The summed E-state index contributed by atoms with van der Waals surface area (Å²) in [7, 11) is 0. The number of nitrogen functional groups attached to an aromatic ring is 1. The average molecular weight is 300 g/mol. The first-order valence-corrected chi connectivity index (χ1v) is 6.86. The lowest BCUT2D eigenvalue weighted by Gasteiger charge is -2.10. The number of nitrogens with zero attached hydrogens (tertiary/aromatic N) is 4. The fourth-order valence-corrected chi connectivity index (χ4v) is 2.49. The molecule has 1 heterocycles. The maximum absolute atomic E-state index is 6.28. The molecule has 0 fully saturated rings. The summed E-state index contributed by atoms with van der Waals surface area (Å²) in [6.07, 6.45) is 0. The van der Waals surface area contributed by atoms with E-state index in [0.717, 1.165) is 11.3 Å². The van der Waals surface area contributed by atoms with Crippen LogP contribution in [0, 0.1) is 13.8 Å². The first-order valence-electron chi connectivity index (χ1n) is 6.48. The molecular weight excluding hydrogens is 286 g/mol. The van der Waals surface area contributed by atoms with Crippen molar-refractivity contribution in [2.45, 2.75) is 13.8 Å². The van der Waals surface area contributed by atoms with Gasteiger partial charge >= 0.3 is 0 Å². The quantitative estimate of drug-likeness (QED) is 0.738. The summed E-state index contributed by atoms with van der Waals surface area (Å²) in [6.45, 7) is 4.07. The van der Waals surface area contributed by atoms with Crippen LogP contribution in [0.5, 0.6) is 0 Å². The van der Waals surface area contributed by atoms with Crippen LogP contribution in [0.4, 0.5) is 5.69 Å². The number of tetrazole rings is 1. The number of anilines is 1. The number of aromatic nitrogens is 4. The van der Waals surface area contributed by atoms with Gasteiger partial charge in [-0.1, -0.05) is 35.4 Å². The number of halogens is 1. The largest absolute Gasteiger partial charge is 0.398 e. The highest BCUT2D eigenvalue weighted by atomic mass is 35.5. The van der Waals surface area contributed by atoms with Crippen LogP contribution in [-0.4, -0.2) is 20.2 Å². The van der Waals surface area contributed by atoms with Crippen LogP contribution in [0.3, 0.4) is 0 Å². The van der Waals surface area contributed by atoms with Crippen molar-refractivity contribution in [2.24, 2.45) is 0 Å². The summed E-state index contributed by atoms with van der Waals surface area (Å²) in [4.78, 5) is 0. The van der Waals surface area contributed by atoms with Gasteiger partial charge in [-0.3, -0.25) is 0 Å². The van der Waals surface area contributed by atoms with E-state index < -0.39 is 0 Å². The highest BCUT2D eigenvalue weighted by molar-refractivity contribution is 6.35. The first kappa shape index (κ1) is 13.6. The molecule has 3 aromatic rings. The fourth-order valence-electron chi connectivity index (χ4n) is 2.28. The molecule has 0 spiro atoms. The molecule has 3 rings (SSSR count). The standard InChI is InChI=1S/C15H14ClN5/c1-9-6-7-13(10(2)8-9)21-15(18-19-20-21)11-4-3-5-12(17)14(11)16/h3-8H,17H2,1-2H3. The Morgan fingerprint density at radius 1 is 1.14 bits per heavy atom. The Kier molecular flexibility index (Phi) is 3.35. The topological polar surface area (TPSA) is 69.6 Å². The first-order chi connectivity index (χ1) is 10.1. The van der Waals surface area contributed by atoms with Gasteiger partial charge in [0.1, 0.15) is 0 Å². The predicted octanol–water partition coefficient (Wildman–Crippen LogP) is 3.18. The maximum Gasteiger partial charge on any atom is 0.188 e. The average Bonchev–Trinajstić information content (AvgIpc) is 2.91. The van der Waals surface area contributed by atoms with E-state index in [9.17, 15) is 0 Å². The van der Waals surface area contributed by atoms with E-state index in [1.54, 1.807) is 10.7 Å². The van der Waals surface area contributed by atoms with Crippen LogP contribution in [0.2, 0.25) is 5.02 Å². The Morgan fingerprint density at radius 3 is 2.71 bits per heavy atom. The van der Waals surface area contributed by atoms with Crippen molar-refractivity contribution in [1.82, 2.24) is 20.2 Å². The zero-order valence-electron chi connectivity index (χ0n) is 11.7. The van der Waals surface area contributed by atoms with Gasteiger partial charge in [-0.2, -0.15) is 4.68 Å². The molecular formula is C15H14ClN5. The van der Waals surface area contributed by atoms with Crippen molar-refractivity contribution in [1.29, 1.82) is 0 Å². The van der Waals surface area contributed by atoms with Crippen LogP contribution in [0.15, 0.2) is 36.4 Å². The Labute approximate surface area is 127 Å². The summed E-state index contributed by atoms with van der Waals surface area (Å²) in [6, 6.07) is 11.5. The van der Waals surface area contributed by atoms with Crippen LogP contribution in [0.25, 0.3) is 17.1 Å². The van der Waals surface area contributed by atoms with Gasteiger partial charge in [0.25, 0.3) is 0 Å². The monoisotopic (exact) mass is 299 g/mol. The normalized spacial score (nSPS) is 10.8. The third kappa shape index (κ3) is 2.36. The summed E-state index contributed by atoms with van der Waals surface area (Å²) >= 11 is 6.28. The molecule has 0 aliphatic rings. The van der Waals surface area contributed by atoms with E-state index in [4.69, 9.17) is 17.3 Å². The molecule has 0 bridgehead atoms. The molecule has 0 atom stereocenters. The second-order valence-corrected chi connectivity index (χ2v) is 5.29. The predicted molar refractivity (Wildman–Crippen MR) is 83.5 cm³/mol. The van der Waals surface area contributed by atoms with Crippen molar-refractivity contribution in [3.05, 3.63) is 52.5 Å². The molecule has 0 radical (unpaired) electrons. The highest BCUT2D eigenvalue weighted by Crippen LogP contribution is 2.31. The molecule has 0 amide bonds. The molecule has 0 saturated carbocycles. The SMILES string of the molecule is Cc1ccc(-n2nnnc2-c2cccc(N)c2Cl)c(C)c1. The third-order valence-corrected chi connectivity index (χ3v) is 3.74. The van der Waals surface area contributed by atoms with Crippen molar-refractivity contribution >= 4 is 17.3 Å². The van der Waals surface area contributed by atoms with E-state index in [2.05, 4.69) is 21.6 Å². The van der Waals surface area contributed by atoms with Crippen LogP contribution < -0.4 is 5.73 Å². The van der Waals surface area contributed by atoms with Gasteiger partial charge in [0, 0.05) is 5.56 Å². The maximum atomic E-state index is 6.28. The lowest BCUT2D eigenvalue weighted by Crippen LogP contribution is -2.03. The number of nitrogens with two attached hydrogens (primary N) is 1. The summed E-state index contributed by atoms with van der Waals surface area (Å²) in [5, 5.41) is 12.4. The minimum Gasteiger partial charge on any atom is -0.398 e. The number of aryl methyl sites for hydroxylation is 2. The van der Waals surface area contributed by atoms with Gasteiger partial charge in [-0.25, -0.2) is 0 Å². The van der Waals surface area contributed by atoms with Crippen molar-refractivity contribution in [2.75, 3.05) is 5.73 Å². The third-order valence-electron chi connectivity index (χ3n) is 3.32. The molecule has 5 nitrogen and oxygen atoms in total. The van der Waals surface area contributed by atoms with Crippen LogP contribution in [-0.2, 0) is 0 Å². The van der Waals surface area contributed by atoms with Gasteiger partial charge in [-0.15, -0.1) is 5.10 Å². The van der Waals surface area contributed by atoms with Crippen molar-refractivity contribution < 1.29 is 0 Å². The number of rotatable bonds is 2. The molecule has 1 aromatic heterocycles. The van der Waals surface area contributed by atoms with E-state index >= 15 is 0 Å². The summed E-state index contributed by atoms with van der Waals surface area (Å²) in [5.41, 5.74) is 10.3.